The predicted molar refractivity (Wildman–Crippen MR) is 131 cm³/mol. The van der Waals surface area contributed by atoms with Gasteiger partial charge in [-0.25, -0.2) is 4.79 Å². The van der Waals surface area contributed by atoms with Gasteiger partial charge >= 0.3 is 6.03 Å². The standard InChI is InChI=1S/C23H27ClN6O3S/c1-4-7-8-11-29-15-10-9-13(24)12-14(15)16(20(29)31)17-21(32)30-19-18(25-26-22(30)34-17)27(5-2)23(33)28(19)6-3/h9-10,12,18-19,25H,4-8,11H2,1-3H3/b17-16-. The van der Waals surface area contributed by atoms with Gasteiger partial charge in [0.25, 0.3) is 11.5 Å². The molecule has 3 aliphatic rings. The first kappa shape index (κ1) is 22.9. The summed E-state index contributed by atoms with van der Waals surface area (Å²) in [7, 11) is 0. The lowest BCUT2D eigenvalue weighted by molar-refractivity contribution is -0.113. The highest BCUT2D eigenvalue weighted by Gasteiger charge is 2.48. The summed E-state index contributed by atoms with van der Waals surface area (Å²) >= 11 is 7.47. The van der Waals surface area contributed by atoms with E-state index in [0.29, 0.717) is 45.1 Å². The van der Waals surface area contributed by atoms with Gasteiger partial charge in [0.05, 0.1) is 11.3 Å². The lowest BCUT2D eigenvalue weighted by Gasteiger charge is -2.29. The first-order valence-electron chi connectivity index (χ1n) is 11.7. The van der Waals surface area contributed by atoms with E-state index in [2.05, 4.69) is 17.5 Å². The number of nitrogens with one attached hydrogen (secondary N) is 1. The quantitative estimate of drug-likeness (QED) is 0.612. The highest BCUT2D eigenvalue weighted by molar-refractivity contribution is 7.07. The molecule has 34 heavy (non-hydrogen) atoms. The molecule has 4 heterocycles. The Morgan fingerprint density at radius 3 is 2.56 bits per heavy atom. The van der Waals surface area contributed by atoms with Crippen LogP contribution in [0.1, 0.15) is 51.8 Å². The van der Waals surface area contributed by atoms with Crippen LogP contribution in [-0.2, 0) is 4.79 Å². The summed E-state index contributed by atoms with van der Waals surface area (Å²) in [4.78, 5) is 45.9. The van der Waals surface area contributed by atoms with E-state index in [0.717, 1.165) is 24.9 Å². The number of unbranched alkanes of at least 4 members (excludes halogenated alkanes) is 2. The monoisotopic (exact) mass is 502 g/mol. The molecule has 2 unspecified atom stereocenters. The van der Waals surface area contributed by atoms with E-state index >= 15 is 0 Å². The first-order valence-corrected chi connectivity index (χ1v) is 12.9. The zero-order valence-electron chi connectivity index (χ0n) is 19.4. The molecule has 11 heteroatoms. The van der Waals surface area contributed by atoms with Crippen molar-refractivity contribution in [1.29, 1.82) is 0 Å². The van der Waals surface area contributed by atoms with Gasteiger partial charge in [0.1, 0.15) is 4.53 Å². The van der Waals surface area contributed by atoms with Gasteiger partial charge in [-0.3, -0.25) is 29.4 Å². The van der Waals surface area contributed by atoms with Crippen molar-refractivity contribution in [3.63, 3.8) is 0 Å². The van der Waals surface area contributed by atoms with Crippen LogP contribution in [0.5, 0.6) is 0 Å². The Balaban J connectivity index is 1.70. The zero-order valence-corrected chi connectivity index (χ0v) is 20.9. The number of halogens is 1. The molecule has 0 saturated carbocycles. The second-order valence-electron chi connectivity index (χ2n) is 8.54. The highest BCUT2D eigenvalue weighted by Crippen LogP contribution is 2.37. The van der Waals surface area contributed by atoms with Gasteiger partial charge in [-0.2, -0.15) is 0 Å². The summed E-state index contributed by atoms with van der Waals surface area (Å²) in [5.41, 5.74) is 4.55. The molecule has 1 aromatic heterocycles. The maximum atomic E-state index is 13.8. The van der Waals surface area contributed by atoms with Gasteiger partial charge in [0.15, 0.2) is 12.3 Å². The summed E-state index contributed by atoms with van der Waals surface area (Å²) < 4.78 is 1.88. The van der Waals surface area contributed by atoms with Crippen molar-refractivity contribution in [3.8, 4) is 0 Å². The molecule has 0 radical (unpaired) electrons. The molecule has 2 aromatic rings. The summed E-state index contributed by atoms with van der Waals surface area (Å²) in [6.45, 7) is 7.43. The van der Waals surface area contributed by atoms with Crippen LogP contribution >= 0.6 is 22.9 Å². The van der Waals surface area contributed by atoms with Crippen LogP contribution in [0.3, 0.4) is 0 Å². The lowest BCUT2D eigenvalue weighted by Crippen LogP contribution is -2.53. The second kappa shape index (κ2) is 8.74. The van der Waals surface area contributed by atoms with E-state index in [1.165, 1.54) is 11.3 Å². The fourth-order valence-corrected chi connectivity index (χ4v) is 6.26. The smallest absolute Gasteiger partial charge is 0.308 e. The van der Waals surface area contributed by atoms with Crippen molar-refractivity contribution < 1.29 is 9.59 Å². The number of benzene rings is 1. The summed E-state index contributed by atoms with van der Waals surface area (Å²) in [6.07, 6.45) is 1.96. The normalized spacial score (nSPS) is 22.5. The van der Waals surface area contributed by atoms with Gasteiger partial charge in [-0.1, -0.05) is 42.7 Å². The molecule has 5 rings (SSSR count). The van der Waals surface area contributed by atoms with Crippen LogP contribution in [-0.4, -0.2) is 52.1 Å². The number of rotatable bonds is 6. The minimum atomic E-state index is -0.529. The highest BCUT2D eigenvalue weighted by atomic mass is 35.5. The summed E-state index contributed by atoms with van der Waals surface area (Å²) in [5.74, 6) is -0.195. The molecule has 0 spiro atoms. The molecule has 9 nitrogen and oxygen atoms in total. The molecule has 0 aliphatic carbocycles. The Morgan fingerprint density at radius 2 is 1.85 bits per heavy atom. The molecule has 1 N–H and O–H groups in total. The average Bonchev–Trinajstić information content (AvgIpc) is 3.39. The number of nitrogens with zero attached hydrogens (tertiary/aromatic N) is 5. The Bertz CT molecular complexity index is 1350. The third-order valence-corrected chi connectivity index (χ3v) is 7.96. The van der Waals surface area contributed by atoms with Gasteiger partial charge in [-0.15, -0.1) is 5.10 Å². The Labute approximate surface area is 205 Å². The van der Waals surface area contributed by atoms with E-state index in [-0.39, 0.29) is 17.5 Å². The number of likely N-dealkylation sites (N-methyl/N-ethyl adjacent to an activating group) is 2. The van der Waals surface area contributed by atoms with Crippen LogP contribution in [0, 0.1) is 0 Å². The van der Waals surface area contributed by atoms with Gasteiger partial charge in [0, 0.05) is 30.2 Å². The largest absolute Gasteiger partial charge is 0.323 e. The van der Waals surface area contributed by atoms with E-state index in [1.807, 2.05) is 19.9 Å². The minimum absolute atomic E-state index is 0.140. The molecule has 3 amide bonds. The van der Waals surface area contributed by atoms with Crippen LogP contribution in [0.4, 0.5) is 10.5 Å². The number of thiazole rings is 1. The summed E-state index contributed by atoms with van der Waals surface area (Å²) in [6, 6.07) is 5.22. The van der Waals surface area contributed by atoms with Crippen molar-refractivity contribution in [2.45, 2.75) is 52.4 Å². The van der Waals surface area contributed by atoms with Crippen LogP contribution in [0.15, 0.2) is 28.1 Å². The maximum absolute atomic E-state index is 13.8. The molecule has 1 saturated heterocycles. The molecular formula is C23H27ClN6O3S. The maximum Gasteiger partial charge on any atom is 0.323 e. The van der Waals surface area contributed by atoms with E-state index in [9.17, 15) is 14.4 Å². The molecular weight excluding hydrogens is 476 g/mol. The SMILES string of the molecule is CCCCCN1C(=O)/C(=c2\sc3n(c2=O)C2C(NN=3)N(CC)C(=O)N2CC)c2cc(Cl)ccc21. The number of hydrogen-bond acceptors (Lipinski definition) is 6. The van der Waals surface area contributed by atoms with Crippen molar-refractivity contribution in [3.05, 3.63) is 48.5 Å². The van der Waals surface area contributed by atoms with Crippen LogP contribution in [0.25, 0.3) is 5.57 Å². The van der Waals surface area contributed by atoms with Crippen molar-refractivity contribution in [2.75, 3.05) is 24.5 Å². The first-order chi connectivity index (χ1) is 16.4. The fourth-order valence-electron chi connectivity index (χ4n) is 5.03. The zero-order chi connectivity index (χ0) is 24.1. The third kappa shape index (κ3) is 3.26. The van der Waals surface area contributed by atoms with Crippen molar-refractivity contribution in [2.24, 2.45) is 5.10 Å². The van der Waals surface area contributed by atoms with Gasteiger partial charge in [-0.05, 0) is 38.5 Å². The lowest BCUT2D eigenvalue weighted by atomic mass is 10.1. The predicted octanol–water partition coefficient (Wildman–Crippen LogP) is 2.04. The third-order valence-electron chi connectivity index (χ3n) is 6.67. The van der Waals surface area contributed by atoms with Crippen LogP contribution < -0.4 is 25.2 Å². The molecule has 180 valence electrons. The van der Waals surface area contributed by atoms with Crippen molar-refractivity contribution in [1.82, 2.24) is 19.8 Å². The second-order valence-corrected chi connectivity index (χ2v) is 9.96. The molecule has 1 aromatic carbocycles. The molecule has 1 fully saturated rings. The summed E-state index contributed by atoms with van der Waals surface area (Å²) in [5, 5.41) is 4.92. The number of aromatic nitrogens is 1. The number of fused-ring (bicyclic) bond motifs is 4. The Hall–Kier alpha value is -2.85. The van der Waals surface area contributed by atoms with E-state index in [4.69, 9.17) is 11.6 Å². The molecule has 0 bridgehead atoms. The van der Waals surface area contributed by atoms with Crippen LogP contribution in [0.2, 0.25) is 5.02 Å². The van der Waals surface area contributed by atoms with Gasteiger partial charge < -0.3 is 4.90 Å². The number of hydrogen-bond donors (Lipinski definition) is 1. The fraction of sp³-hybridized carbons (Fsp3) is 0.478. The Kier molecular flexibility index (Phi) is 5.89. The number of urea groups is 1. The minimum Gasteiger partial charge on any atom is -0.308 e. The number of anilines is 1. The van der Waals surface area contributed by atoms with E-state index in [1.54, 1.807) is 31.4 Å². The molecule has 3 aliphatic heterocycles. The number of carbonyl (C=O) groups is 2. The average molecular weight is 503 g/mol. The van der Waals surface area contributed by atoms with Crippen molar-refractivity contribution >= 4 is 46.1 Å². The van der Waals surface area contributed by atoms with Gasteiger partial charge in [0.2, 0.25) is 4.80 Å². The molecule has 2 atom stereocenters. The Morgan fingerprint density at radius 1 is 1.09 bits per heavy atom. The topological polar surface area (TPSA) is 90.2 Å². The number of carbonyl (C=O) groups excluding carboxylic acids is 2. The van der Waals surface area contributed by atoms with E-state index < -0.39 is 12.3 Å². The number of amides is 3.